The molecule has 0 aliphatic heterocycles. The van der Waals surface area contributed by atoms with E-state index in [1.807, 2.05) is 0 Å². The molecule has 0 unspecified atom stereocenters. The molecule has 1 aromatic carbocycles. The quantitative estimate of drug-likeness (QED) is 0.529. The van der Waals surface area contributed by atoms with E-state index in [-0.39, 0.29) is 11.8 Å². The molecule has 0 fully saturated rings. The summed E-state index contributed by atoms with van der Waals surface area (Å²) in [5.41, 5.74) is 8.57. The van der Waals surface area contributed by atoms with Crippen molar-refractivity contribution in [1.29, 1.82) is 0 Å². The molecule has 0 bridgehead atoms. The number of anilines is 2. The number of aryl methyl sites for hydroxylation is 1. The van der Waals surface area contributed by atoms with Gasteiger partial charge in [0.25, 0.3) is 5.91 Å². The van der Waals surface area contributed by atoms with Crippen LogP contribution in [0.5, 0.6) is 0 Å². The van der Waals surface area contributed by atoms with E-state index < -0.39 is 5.91 Å². The highest BCUT2D eigenvalue weighted by atomic mass is 32.1. The standard InChI is InChI=1S/C21H23N3O3S/c1-13(25)23-15-10-7-14(8-11-15)9-12-18(26)24-21-19(20(22)27)16-5-3-2-4-6-17(16)28-21/h7-12H,2-6H2,1H3,(H2,22,27)(H,23,25)(H,24,26)/b12-9+. The first-order chi connectivity index (χ1) is 13.4. The molecule has 2 aromatic rings. The van der Waals surface area contributed by atoms with Crippen molar-refractivity contribution in [2.24, 2.45) is 5.73 Å². The summed E-state index contributed by atoms with van der Waals surface area (Å²) in [6.45, 7) is 1.45. The van der Waals surface area contributed by atoms with Gasteiger partial charge in [0.1, 0.15) is 5.00 Å². The fourth-order valence-electron chi connectivity index (χ4n) is 3.30. The van der Waals surface area contributed by atoms with Gasteiger partial charge in [-0.1, -0.05) is 18.6 Å². The maximum atomic E-state index is 12.4. The van der Waals surface area contributed by atoms with Gasteiger partial charge in [0.15, 0.2) is 0 Å². The monoisotopic (exact) mass is 397 g/mol. The lowest BCUT2D eigenvalue weighted by atomic mass is 10.1. The van der Waals surface area contributed by atoms with Crippen molar-refractivity contribution in [3.8, 4) is 0 Å². The van der Waals surface area contributed by atoms with E-state index in [4.69, 9.17) is 5.73 Å². The molecule has 0 atom stereocenters. The van der Waals surface area contributed by atoms with Crippen LogP contribution in [0.25, 0.3) is 6.08 Å². The molecule has 1 aliphatic rings. The van der Waals surface area contributed by atoms with Crippen molar-refractivity contribution in [3.63, 3.8) is 0 Å². The Kier molecular flexibility index (Phi) is 6.26. The minimum absolute atomic E-state index is 0.137. The zero-order chi connectivity index (χ0) is 20.1. The maximum Gasteiger partial charge on any atom is 0.251 e. The molecule has 7 heteroatoms. The average molecular weight is 398 g/mol. The highest BCUT2D eigenvalue weighted by Gasteiger charge is 2.23. The van der Waals surface area contributed by atoms with Gasteiger partial charge in [-0.15, -0.1) is 11.3 Å². The first kappa shape index (κ1) is 19.8. The van der Waals surface area contributed by atoms with Gasteiger partial charge in [0.2, 0.25) is 11.8 Å². The Labute approximate surface area is 167 Å². The Morgan fingerprint density at radius 2 is 1.75 bits per heavy atom. The minimum Gasteiger partial charge on any atom is -0.365 e. The van der Waals surface area contributed by atoms with Crippen LogP contribution in [-0.2, 0) is 22.4 Å². The van der Waals surface area contributed by atoms with Crippen molar-refractivity contribution in [2.75, 3.05) is 10.6 Å². The largest absolute Gasteiger partial charge is 0.365 e. The number of amides is 3. The van der Waals surface area contributed by atoms with Crippen molar-refractivity contribution < 1.29 is 14.4 Å². The lowest BCUT2D eigenvalue weighted by Crippen LogP contribution is -2.16. The number of nitrogens with two attached hydrogens (primary N) is 1. The third kappa shape index (κ3) is 4.86. The number of hydrogen-bond donors (Lipinski definition) is 3. The van der Waals surface area contributed by atoms with Crippen LogP contribution in [0, 0.1) is 0 Å². The molecule has 4 N–H and O–H groups in total. The molecule has 3 amide bonds. The summed E-state index contributed by atoms with van der Waals surface area (Å²) in [5.74, 6) is -0.945. The van der Waals surface area contributed by atoms with Crippen LogP contribution in [0.3, 0.4) is 0 Å². The number of primary amides is 1. The number of rotatable bonds is 5. The zero-order valence-corrected chi connectivity index (χ0v) is 16.5. The van der Waals surface area contributed by atoms with Gasteiger partial charge in [0.05, 0.1) is 5.56 Å². The number of hydrogen-bond acceptors (Lipinski definition) is 4. The van der Waals surface area contributed by atoms with Gasteiger partial charge in [0, 0.05) is 23.6 Å². The highest BCUT2D eigenvalue weighted by Crippen LogP contribution is 2.37. The van der Waals surface area contributed by atoms with Crippen molar-refractivity contribution in [1.82, 2.24) is 0 Å². The molecular formula is C21H23N3O3S. The van der Waals surface area contributed by atoms with Crippen LogP contribution in [-0.4, -0.2) is 17.7 Å². The summed E-state index contributed by atoms with van der Waals surface area (Å²) in [6.07, 6.45) is 8.12. The van der Waals surface area contributed by atoms with E-state index in [2.05, 4.69) is 10.6 Å². The molecule has 0 spiro atoms. The number of benzene rings is 1. The van der Waals surface area contributed by atoms with E-state index in [0.29, 0.717) is 16.3 Å². The van der Waals surface area contributed by atoms with Crippen LogP contribution in [0.2, 0.25) is 0 Å². The topological polar surface area (TPSA) is 101 Å². The Morgan fingerprint density at radius 3 is 2.43 bits per heavy atom. The molecule has 28 heavy (non-hydrogen) atoms. The zero-order valence-electron chi connectivity index (χ0n) is 15.7. The van der Waals surface area contributed by atoms with Gasteiger partial charge in [-0.2, -0.15) is 0 Å². The van der Waals surface area contributed by atoms with Gasteiger partial charge < -0.3 is 16.4 Å². The second kappa shape index (κ2) is 8.84. The Bertz CT molecular complexity index is 929. The molecular weight excluding hydrogens is 374 g/mol. The summed E-state index contributed by atoms with van der Waals surface area (Å²) in [5, 5.41) is 6.04. The molecule has 1 aromatic heterocycles. The third-order valence-corrected chi connectivity index (χ3v) is 5.77. The van der Waals surface area contributed by atoms with Gasteiger partial charge in [-0.05, 0) is 55.0 Å². The normalized spacial score (nSPS) is 13.6. The van der Waals surface area contributed by atoms with Gasteiger partial charge >= 0.3 is 0 Å². The van der Waals surface area contributed by atoms with Crippen molar-refractivity contribution in [2.45, 2.75) is 39.0 Å². The summed E-state index contributed by atoms with van der Waals surface area (Å²) in [6, 6.07) is 7.13. The number of thiophene rings is 1. The Balaban J connectivity index is 1.72. The molecule has 6 nitrogen and oxygen atoms in total. The predicted octanol–water partition coefficient (Wildman–Crippen LogP) is 3.73. The molecule has 0 saturated heterocycles. The van der Waals surface area contributed by atoms with Crippen LogP contribution in [0.4, 0.5) is 10.7 Å². The molecule has 0 saturated carbocycles. The van der Waals surface area contributed by atoms with Gasteiger partial charge in [-0.25, -0.2) is 0 Å². The number of carbonyl (C=O) groups is 3. The lowest BCUT2D eigenvalue weighted by Gasteiger charge is -2.04. The average Bonchev–Trinajstić information content (AvgIpc) is 2.81. The van der Waals surface area contributed by atoms with E-state index in [1.165, 1.54) is 24.3 Å². The molecule has 0 radical (unpaired) electrons. The fraction of sp³-hybridized carbons (Fsp3) is 0.286. The van der Waals surface area contributed by atoms with E-state index >= 15 is 0 Å². The van der Waals surface area contributed by atoms with Crippen LogP contribution < -0.4 is 16.4 Å². The molecule has 146 valence electrons. The minimum atomic E-state index is -0.493. The molecule has 3 rings (SSSR count). The van der Waals surface area contributed by atoms with E-state index in [9.17, 15) is 14.4 Å². The van der Waals surface area contributed by atoms with Crippen LogP contribution in [0.15, 0.2) is 30.3 Å². The van der Waals surface area contributed by atoms with Gasteiger partial charge in [-0.3, -0.25) is 14.4 Å². The Hall–Kier alpha value is -2.93. The summed E-state index contributed by atoms with van der Waals surface area (Å²) < 4.78 is 0. The maximum absolute atomic E-state index is 12.4. The first-order valence-corrected chi connectivity index (χ1v) is 10.1. The second-order valence-corrected chi connectivity index (χ2v) is 7.86. The van der Waals surface area contributed by atoms with Crippen molar-refractivity contribution in [3.05, 3.63) is 51.9 Å². The molecule has 1 heterocycles. The summed E-state index contributed by atoms with van der Waals surface area (Å²) in [7, 11) is 0. The summed E-state index contributed by atoms with van der Waals surface area (Å²) >= 11 is 1.45. The number of carbonyl (C=O) groups excluding carboxylic acids is 3. The van der Waals surface area contributed by atoms with E-state index in [1.54, 1.807) is 30.3 Å². The SMILES string of the molecule is CC(=O)Nc1ccc(/C=C/C(=O)Nc2sc3c(c2C(N)=O)CCCCC3)cc1. The second-order valence-electron chi connectivity index (χ2n) is 6.76. The van der Waals surface area contributed by atoms with Crippen LogP contribution >= 0.6 is 11.3 Å². The highest BCUT2D eigenvalue weighted by molar-refractivity contribution is 7.17. The smallest absolute Gasteiger partial charge is 0.251 e. The first-order valence-electron chi connectivity index (χ1n) is 9.25. The Morgan fingerprint density at radius 1 is 1.04 bits per heavy atom. The van der Waals surface area contributed by atoms with Crippen LogP contribution in [0.1, 0.15) is 52.5 Å². The number of fused-ring (bicyclic) bond motifs is 1. The molecule has 1 aliphatic carbocycles. The lowest BCUT2D eigenvalue weighted by molar-refractivity contribution is -0.114. The van der Waals surface area contributed by atoms with Crippen molar-refractivity contribution >= 4 is 45.8 Å². The van der Waals surface area contributed by atoms with E-state index in [0.717, 1.165) is 48.1 Å². The number of nitrogens with one attached hydrogen (secondary N) is 2. The third-order valence-electron chi connectivity index (χ3n) is 4.56. The fourth-order valence-corrected chi connectivity index (χ4v) is 4.60. The predicted molar refractivity (Wildman–Crippen MR) is 113 cm³/mol. The summed E-state index contributed by atoms with van der Waals surface area (Å²) in [4.78, 5) is 36.5.